The van der Waals surface area contributed by atoms with E-state index in [4.69, 9.17) is 0 Å². The summed E-state index contributed by atoms with van der Waals surface area (Å²) in [5.41, 5.74) is 0.390. The summed E-state index contributed by atoms with van der Waals surface area (Å²) in [6.07, 6.45) is 0.765. The minimum absolute atomic E-state index is 0.390. The van der Waals surface area contributed by atoms with Crippen molar-refractivity contribution in [2.75, 3.05) is 3.53 Å². The van der Waals surface area contributed by atoms with Crippen molar-refractivity contribution < 1.29 is 4.39 Å². The Kier molecular flexibility index (Phi) is 1.79. The summed E-state index contributed by atoms with van der Waals surface area (Å²) >= 11 is 1.87. The lowest BCUT2D eigenvalue weighted by Gasteiger charge is -1.96. The molecule has 0 bridgehead atoms. The first kappa shape index (κ1) is 7.65. The van der Waals surface area contributed by atoms with Crippen LogP contribution >= 0.6 is 22.9 Å². The van der Waals surface area contributed by atoms with Crippen molar-refractivity contribution in [2.45, 2.75) is 0 Å². The van der Waals surface area contributed by atoms with Gasteiger partial charge in [-0.1, -0.05) is 0 Å². The molecule has 2 rings (SSSR count). The second-order valence-electron chi connectivity index (χ2n) is 2.07. The second-order valence-corrected chi connectivity index (χ2v) is 2.61. The van der Waals surface area contributed by atoms with Crippen molar-refractivity contribution in [1.29, 1.82) is 0 Å². The zero-order valence-corrected chi connectivity index (χ0v) is 7.83. The van der Waals surface area contributed by atoms with Gasteiger partial charge in [-0.15, -0.1) is 0 Å². The van der Waals surface area contributed by atoms with Crippen molar-refractivity contribution in [3.8, 4) is 0 Å². The summed E-state index contributed by atoms with van der Waals surface area (Å²) in [6, 6.07) is 0. The summed E-state index contributed by atoms with van der Waals surface area (Å²) in [4.78, 5) is 7.04. The Labute approximate surface area is 80.3 Å². The Morgan fingerprint density at radius 2 is 2.33 bits per heavy atom. The van der Waals surface area contributed by atoms with E-state index in [0.29, 0.717) is 16.9 Å². The summed E-state index contributed by atoms with van der Waals surface area (Å²) < 4.78 is 15.4. The summed E-state index contributed by atoms with van der Waals surface area (Å²) in [6.45, 7) is 0. The number of hydrogen-bond donors (Lipinski definition) is 2. The third-order valence-electron chi connectivity index (χ3n) is 1.37. The number of anilines is 1. The van der Waals surface area contributed by atoms with Crippen LogP contribution in [0.15, 0.2) is 6.20 Å². The fourth-order valence-electron chi connectivity index (χ4n) is 0.880. The van der Waals surface area contributed by atoms with E-state index in [1.54, 1.807) is 0 Å². The molecule has 0 aliphatic heterocycles. The van der Waals surface area contributed by atoms with E-state index in [0.717, 1.165) is 0 Å². The lowest BCUT2D eigenvalue weighted by molar-refractivity contribution is 0.545. The Morgan fingerprint density at radius 3 is 3.08 bits per heavy atom. The quantitative estimate of drug-likeness (QED) is 0.468. The van der Waals surface area contributed by atoms with Crippen LogP contribution in [0.1, 0.15) is 0 Å². The molecule has 2 N–H and O–H groups in total. The molecule has 0 aromatic carbocycles. The molecule has 0 radical (unpaired) electrons. The highest BCUT2D eigenvalue weighted by molar-refractivity contribution is 14.1. The highest BCUT2D eigenvalue weighted by Crippen LogP contribution is 2.18. The van der Waals surface area contributed by atoms with Crippen LogP contribution in [0.2, 0.25) is 0 Å². The number of rotatable bonds is 1. The largest absolute Gasteiger partial charge is 0.312 e. The van der Waals surface area contributed by atoms with Gasteiger partial charge in [-0.3, -0.25) is 5.10 Å². The molecule has 0 saturated heterocycles. The minimum Gasteiger partial charge on any atom is -0.312 e. The molecule has 0 amide bonds. The van der Waals surface area contributed by atoms with Crippen LogP contribution in [0.5, 0.6) is 0 Å². The Morgan fingerprint density at radius 1 is 1.50 bits per heavy atom. The fourth-order valence-corrected chi connectivity index (χ4v) is 1.29. The van der Waals surface area contributed by atoms with Crippen LogP contribution in [0.3, 0.4) is 0 Å². The average Bonchev–Trinajstić information content (AvgIpc) is 2.50. The average molecular weight is 279 g/mol. The van der Waals surface area contributed by atoms with Crippen LogP contribution in [0, 0.1) is 6.08 Å². The third-order valence-corrected chi connectivity index (χ3v) is 1.88. The number of aromatic amines is 1. The maximum Gasteiger partial charge on any atom is 0.312 e. The lowest BCUT2D eigenvalue weighted by Crippen LogP contribution is -1.94. The van der Waals surface area contributed by atoms with Gasteiger partial charge in [0.05, 0.1) is 34.4 Å². The van der Waals surface area contributed by atoms with Crippen LogP contribution in [-0.2, 0) is 0 Å². The predicted molar refractivity (Wildman–Crippen MR) is 49.3 cm³/mol. The fraction of sp³-hybridized carbons (Fsp3) is 0. The molecular formula is C5H3FIN5. The standard InChI is InChI=1S/C5H3FIN5/c6-5-9-3(11-7)2-1-8-12-4(2)10-5/h1H,(H2,8,9,10,11,12). The Balaban J connectivity index is 2.80. The van der Waals surface area contributed by atoms with E-state index < -0.39 is 6.08 Å². The topological polar surface area (TPSA) is 66.5 Å². The maximum atomic E-state index is 12.6. The molecule has 0 aliphatic carbocycles. The zero-order valence-electron chi connectivity index (χ0n) is 5.67. The SMILES string of the molecule is Fc1nc(NI)c2cn[nH]c2n1. The normalized spacial score (nSPS) is 10.5. The first-order valence-electron chi connectivity index (χ1n) is 3.04. The van der Waals surface area contributed by atoms with Crippen molar-refractivity contribution >= 4 is 39.7 Å². The number of aromatic nitrogens is 4. The van der Waals surface area contributed by atoms with Gasteiger partial charge in [-0.05, 0) is 0 Å². The molecule has 2 heterocycles. The molecule has 0 unspecified atom stereocenters. The van der Waals surface area contributed by atoms with Crippen molar-refractivity contribution in [2.24, 2.45) is 0 Å². The molecule has 62 valence electrons. The van der Waals surface area contributed by atoms with Gasteiger partial charge in [0.15, 0.2) is 11.5 Å². The first-order chi connectivity index (χ1) is 5.81. The first-order valence-corrected chi connectivity index (χ1v) is 4.12. The van der Waals surface area contributed by atoms with Crippen molar-refractivity contribution in [1.82, 2.24) is 20.2 Å². The van der Waals surface area contributed by atoms with E-state index in [-0.39, 0.29) is 0 Å². The number of halogens is 2. The summed E-state index contributed by atoms with van der Waals surface area (Å²) in [5, 5.41) is 6.94. The number of nitrogens with zero attached hydrogens (tertiary/aromatic N) is 3. The van der Waals surface area contributed by atoms with Crippen LogP contribution in [-0.4, -0.2) is 20.2 Å². The van der Waals surface area contributed by atoms with Gasteiger partial charge in [0.2, 0.25) is 0 Å². The van der Waals surface area contributed by atoms with E-state index in [1.807, 2.05) is 22.9 Å². The molecule has 0 aliphatic rings. The molecule has 12 heavy (non-hydrogen) atoms. The number of hydrogen-bond acceptors (Lipinski definition) is 4. The van der Waals surface area contributed by atoms with Gasteiger partial charge >= 0.3 is 6.08 Å². The highest BCUT2D eigenvalue weighted by Gasteiger charge is 2.07. The Bertz CT molecular complexity index is 413. The van der Waals surface area contributed by atoms with Gasteiger partial charge in [-0.2, -0.15) is 19.5 Å². The Hall–Kier alpha value is -0.990. The van der Waals surface area contributed by atoms with Crippen molar-refractivity contribution in [3.05, 3.63) is 12.3 Å². The smallest absolute Gasteiger partial charge is 0.312 e. The third kappa shape index (κ3) is 1.09. The number of nitrogens with one attached hydrogen (secondary N) is 2. The van der Waals surface area contributed by atoms with Gasteiger partial charge < -0.3 is 3.53 Å². The molecule has 0 saturated carbocycles. The van der Waals surface area contributed by atoms with Gasteiger partial charge in [0, 0.05) is 0 Å². The van der Waals surface area contributed by atoms with Crippen LogP contribution in [0.4, 0.5) is 10.2 Å². The monoisotopic (exact) mass is 279 g/mol. The van der Waals surface area contributed by atoms with Crippen molar-refractivity contribution in [3.63, 3.8) is 0 Å². The highest BCUT2D eigenvalue weighted by atomic mass is 127. The maximum absolute atomic E-state index is 12.6. The molecule has 0 spiro atoms. The lowest BCUT2D eigenvalue weighted by atomic mass is 10.4. The van der Waals surface area contributed by atoms with Gasteiger partial charge in [0.1, 0.15) is 0 Å². The molecule has 7 heteroatoms. The molecule has 2 aromatic rings. The van der Waals surface area contributed by atoms with Gasteiger partial charge in [-0.25, -0.2) is 0 Å². The summed E-state index contributed by atoms with van der Waals surface area (Å²) in [5.74, 6) is 0.423. The van der Waals surface area contributed by atoms with Gasteiger partial charge in [0.25, 0.3) is 0 Å². The number of fused-ring (bicyclic) bond motifs is 1. The molecular weight excluding hydrogens is 276 g/mol. The van der Waals surface area contributed by atoms with E-state index in [9.17, 15) is 4.39 Å². The van der Waals surface area contributed by atoms with E-state index in [1.165, 1.54) is 6.20 Å². The molecule has 5 nitrogen and oxygen atoms in total. The second kappa shape index (κ2) is 2.81. The summed E-state index contributed by atoms with van der Waals surface area (Å²) in [7, 11) is 0. The number of H-pyrrole nitrogens is 1. The van der Waals surface area contributed by atoms with E-state index in [2.05, 4.69) is 23.7 Å². The zero-order chi connectivity index (χ0) is 8.55. The van der Waals surface area contributed by atoms with Crippen LogP contribution < -0.4 is 3.53 Å². The molecule has 0 fully saturated rings. The predicted octanol–water partition coefficient (Wildman–Crippen LogP) is 1.25. The van der Waals surface area contributed by atoms with E-state index >= 15 is 0 Å². The molecule has 0 atom stereocenters. The van der Waals surface area contributed by atoms with Crippen LogP contribution in [0.25, 0.3) is 11.0 Å². The molecule has 2 aromatic heterocycles. The minimum atomic E-state index is -0.772.